The molecule has 0 aliphatic carbocycles. The van der Waals surface area contributed by atoms with Gasteiger partial charge in [0.2, 0.25) is 11.8 Å². The molecule has 0 radical (unpaired) electrons. The van der Waals surface area contributed by atoms with Gasteiger partial charge in [-0.05, 0) is 0 Å². The molecule has 0 bridgehead atoms. The van der Waals surface area contributed by atoms with Gasteiger partial charge in [-0.1, -0.05) is 0 Å². The molecule has 0 heterocycles. The van der Waals surface area contributed by atoms with Crippen LogP contribution in [0.15, 0.2) is 0 Å². The van der Waals surface area contributed by atoms with E-state index in [0.717, 1.165) is 0 Å². The first-order chi connectivity index (χ1) is 18.6. The van der Waals surface area contributed by atoms with Crippen molar-refractivity contribution in [3.8, 4) is 0 Å². The van der Waals surface area contributed by atoms with Crippen LogP contribution in [0.4, 0.5) is 0 Å². The van der Waals surface area contributed by atoms with Crippen molar-refractivity contribution in [1.82, 2.24) is 26.2 Å². The van der Waals surface area contributed by atoms with Crippen molar-refractivity contribution in [3.63, 3.8) is 0 Å². The monoisotopic (exact) mass is 565 g/mol. The van der Waals surface area contributed by atoms with Crippen molar-refractivity contribution in [2.45, 2.75) is 0 Å². The van der Waals surface area contributed by atoms with E-state index in [0.29, 0.717) is 19.8 Å². The zero-order valence-electron chi connectivity index (χ0n) is 23.2. The van der Waals surface area contributed by atoms with Crippen LogP contribution < -0.4 is 21.3 Å². The Morgan fingerprint density at radius 3 is 1.72 bits per heavy atom. The number of carboxylic acid groups (broad SMARTS) is 2. The molecule has 0 aromatic rings. The Labute approximate surface area is 228 Å². The Bertz CT molecular complexity index is 757. The van der Waals surface area contributed by atoms with Gasteiger partial charge in [0.25, 0.3) is 5.91 Å². The highest BCUT2D eigenvalue weighted by Crippen LogP contribution is 2.08. The minimum absolute atomic E-state index is 0.0242. The van der Waals surface area contributed by atoms with Crippen LogP contribution in [0.25, 0.3) is 0 Å². The highest BCUT2D eigenvalue weighted by atomic mass is 16.5. The maximum Gasteiger partial charge on any atom is 0.359 e. The van der Waals surface area contributed by atoms with Crippen LogP contribution in [0, 0.1) is 0 Å². The summed E-state index contributed by atoms with van der Waals surface area (Å²) >= 11 is 0. The average Bonchev–Trinajstić information content (AvgIpc) is 2.85. The highest BCUT2D eigenvalue weighted by Gasteiger charge is 2.34. The second-order valence-electron chi connectivity index (χ2n) is 8.81. The number of hydrogen-bond acceptors (Lipinski definition) is 10. The molecule has 226 valence electrons. The number of nitrogens with one attached hydrogen (secondary N) is 4. The molecule has 3 amide bonds. The van der Waals surface area contributed by atoms with Crippen LogP contribution >= 0.6 is 0 Å². The number of amides is 3. The molecule has 0 saturated carbocycles. The fourth-order valence-corrected chi connectivity index (χ4v) is 3.61. The lowest BCUT2D eigenvalue weighted by Gasteiger charge is -2.38. The van der Waals surface area contributed by atoms with E-state index < -0.39 is 36.8 Å². The van der Waals surface area contributed by atoms with E-state index in [9.17, 15) is 34.2 Å². The van der Waals surface area contributed by atoms with Crippen molar-refractivity contribution >= 4 is 29.7 Å². The Morgan fingerprint density at radius 2 is 1.21 bits per heavy atom. The molecule has 0 saturated heterocycles. The van der Waals surface area contributed by atoms with E-state index in [4.69, 9.17) is 14.2 Å². The normalized spacial score (nSPS) is 12.5. The first-order valence-corrected chi connectivity index (χ1v) is 12.6. The number of hydrogen-bond donors (Lipinski definition) is 6. The summed E-state index contributed by atoms with van der Waals surface area (Å²) in [5.41, 5.74) is 0. The minimum Gasteiger partial charge on any atom is -0.480 e. The number of ether oxygens (including phenoxy) is 3. The minimum atomic E-state index is -1.16. The zero-order valence-corrected chi connectivity index (χ0v) is 23.2. The van der Waals surface area contributed by atoms with E-state index in [-0.39, 0.29) is 75.9 Å². The topological polar surface area (TPSA) is 205 Å². The lowest BCUT2D eigenvalue weighted by molar-refractivity contribution is -0.912. The fourth-order valence-electron chi connectivity index (χ4n) is 3.61. The lowest BCUT2D eigenvalue weighted by atomic mass is 10.2. The van der Waals surface area contributed by atoms with Gasteiger partial charge in [0.05, 0.1) is 52.5 Å². The summed E-state index contributed by atoms with van der Waals surface area (Å²) in [5, 5.41) is 29.9. The van der Waals surface area contributed by atoms with Crippen molar-refractivity contribution < 1.29 is 52.9 Å². The number of methoxy groups -OCH3 is 3. The first-order valence-electron chi connectivity index (χ1n) is 12.6. The third kappa shape index (κ3) is 19.8. The van der Waals surface area contributed by atoms with E-state index in [1.807, 2.05) is 0 Å². The number of carbonyl (C=O) groups is 5. The number of carboxylic acids is 2. The number of aliphatic carboxylic acids is 2. The van der Waals surface area contributed by atoms with Gasteiger partial charge >= 0.3 is 11.9 Å². The summed E-state index contributed by atoms with van der Waals surface area (Å²) < 4.78 is 14.5. The maximum atomic E-state index is 12.7. The maximum absolute atomic E-state index is 12.7. The van der Waals surface area contributed by atoms with Gasteiger partial charge in [-0.2, -0.15) is 0 Å². The summed E-state index contributed by atoms with van der Waals surface area (Å²) in [4.78, 5) is 61.6. The molecule has 0 aliphatic heterocycles. The van der Waals surface area contributed by atoms with Crippen molar-refractivity contribution in [2.75, 3.05) is 120 Å². The molecule has 0 fully saturated rings. The largest absolute Gasteiger partial charge is 0.480 e. The lowest BCUT2D eigenvalue weighted by Crippen LogP contribution is -2.61. The second kappa shape index (κ2) is 22.0. The Kier molecular flexibility index (Phi) is 20.4. The quantitative estimate of drug-likeness (QED) is 0.0465. The molecule has 1 unspecified atom stereocenters. The number of rotatable bonds is 25. The van der Waals surface area contributed by atoms with Gasteiger partial charge in [-0.3, -0.25) is 24.1 Å². The van der Waals surface area contributed by atoms with Crippen molar-refractivity contribution in [3.05, 3.63) is 0 Å². The van der Waals surface area contributed by atoms with Crippen LogP contribution in [-0.2, 0) is 38.2 Å². The number of quaternary nitrogens is 1. The molecule has 1 atom stereocenters. The summed E-state index contributed by atoms with van der Waals surface area (Å²) in [6, 6.07) is 0. The molecular weight excluding hydrogens is 520 g/mol. The number of nitrogens with zero attached hydrogens (tertiary/aromatic N) is 2. The molecule has 0 spiro atoms. The molecule has 0 rings (SSSR count). The zero-order chi connectivity index (χ0) is 29.5. The molecule has 6 N–H and O–H groups in total. The van der Waals surface area contributed by atoms with Crippen LogP contribution in [-0.4, -0.2) is 169 Å². The third-order valence-electron chi connectivity index (χ3n) is 5.50. The molecule has 16 heteroatoms. The smallest absolute Gasteiger partial charge is 0.359 e. The van der Waals surface area contributed by atoms with E-state index in [1.165, 1.54) is 26.2 Å². The van der Waals surface area contributed by atoms with E-state index in [1.54, 1.807) is 0 Å². The molecule has 0 aromatic heterocycles. The van der Waals surface area contributed by atoms with Crippen LogP contribution in [0.5, 0.6) is 0 Å². The predicted molar refractivity (Wildman–Crippen MR) is 139 cm³/mol. The van der Waals surface area contributed by atoms with Crippen LogP contribution in [0.2, 0.25) is 0 Å². The molecule has 39 heavy (non-hydrogen) atoms. The summed E-state index contributed by atoms with van der Waals surface area (Å²) in [6.45, 7) is 0.838. The molecular formula is C23H45N6O10+. The predicted octanol–water partition coefficient (Wildman–Crippen LogP) is -3.85. The van der Waals surface area contributed by atoms with Crippen molar-refractivity contribution in [1.29, 1.82) is 0 Å². The summed E-state index contributed by atoms with van der Waals surface area (Å²) in [6.07, 6.45) is 0. The second-order valence-corrected chi connectivity index (χ2v) is 8.81. The van der Waals surface area contributed by atoms with Crippen molar-refractivity contribution in [2.24, 2.45) is 0 Å². The van der Waals surface area contributed by atoms with E-state index in [2.05, 4.69) is 21.3 Å². The Morgan fingerprint density at radius 1 is 0.667 bits per heavy atom. The number of carbonyl (C=O) groups excluding carboxylic acids is 3. The van der Waals surface area contributed by atoms with Gasteiger partial charge in [-0.25, -0.2) is 4.79 Å². The Hall–Kier alpha value is -2.89. The third-order valence-corrected chi connectivity index (χ3v) is 5.50. The van der Waals surface area contributed by atoms with Crippen LogP contribution in [0.1, 0.15) is 0 Å². The highest BCUT2D eigenvalue weighted by molar-refractivity contribution is 5.79. The first kappa shape index (κ1) is 36.1. The van der Waals surface area contributed by atoms with Gasteiger partial charge in [0, 0.05) is 54.1 Å². The Balaban J connectivity index is 5.52. The average molecular weight is 566 g/mol. The van der Waals surface area contributed by atoms with Gasteiger partial charge in [0.1, 0.15) is 0 Å². The van der Waals surface area contributed by atoms with Crippen LogP contribution in [0.3, 0.4) is 0 Å². The molecule has 0 aromatic carbocycles. The molecule has 0 aliphatic rings. The van der Waals surface area contributed by atoms with Gasteiger partial charge in [0.15, 0.2) is 13.1 Å². The summed E-state index contributed by atoms with van der Waals surface area (Å²) in [7, 11) is 4.48. The summed E-state index contributed by atoms with van der Waals surface area (Å²) in [5.74, 6) is -3.41. The fraction of sp³-hybridized carbons (Fsp3) is 0.783. The van der Waals surface area contributed by atoms with Gasteiger partial charge in [-0.15, -0.1) is 0 Å². The van der Waals surface area contributed by atoms with E-state index >= 15 is 0 Å². The van der Waals surface area contributed by atoms with Gasteiger partial charge < -0.3 is 50.2 Å². The standard InChI is InChI=1S/C23H44N6O10/c1-37-11-5-25-19(30)14-24-4-9-29(18-23(35)36,17-21(32)27-7-13-39-3)10-8-28(16-22(33)34)15-20(31)26-6-12-38-2/h24H,4-18H2,1-3H3,(H4-,25,26,27,30,31,32,33,34,35,36)/p+1. The molecule has 16 nitrogen and oxygen atoms in total. The SMILES string of the molecule is COCCNC(=O)CNCC[N+](CCN(CC(=O)O)CC(=O)NCCOC)(CC(=O)O)CC(=O)NCCOC.